The molecule has 0 N–H and O–H groups in total. The van der Waals surface area contributed by atoms with E-state index in [0.717, 1.165) is 44.8 Å². The van der Waals surface area contributed by atoms with Crippen molar-refractivity contribution in [2.45, 2.75) is 45.3 Å². The summed E-state index contributed by atoms with van der Waals surface area (Å²) >= 11 is 0. The Kier molecular flexibility index (Phi) is 6.38. The molecular formula is C38H33BN4O2. The number of benzene rings is 5. The number of hydrogen-bond donors (Lipinski definition) is 0. The number of fused-ring (bicyclic) bond motifs is 5. The van der Waals surface area contributed by atoms with Gasteiger partial charge in [-0.15, -0.1) is 0 Å². The lowest BCUT2D eigenvalue weighted by Crippen LogP contribution is -2.44. The second-order valence-electron chi connectivity index (χ2n) is 12.5. The van der Waals surface area contributed by atoms with Gasteiger partial charge in [0, 0.05) is 21.9 Å². The molecule has 1 saturated heterocycles. The number of rotatable bonds is 5. The standard InChI is InChI=1S/C38H33BN4O2/c1-5-38(4)37(2,3)44-39(45-38)28-21-23-31-30(24-28)33-29-19-13-12-14-25(29)20-22-32(33)43(31)36-41-34(26-15-8-6-9-16-26)40-35(42-36)27-17-10-7-11-18-27/h6-24H,5H2,1-4H3. The first kappa shape index (κ1) is 27.7. The fourth-order valence-corrected chi connectivity index (χ4v) is 6.51. The Morgan fingerprint density at radius 1 is 0.644 bits per heavy atom. The quantitative estimate of drug-likeness (QED) is 0.190. The molecule has 1 aliphatic rings. The molecule has 2 aromatic heterocycles. The van der Waals surface area contributed by atoms with Gasteiger partial charge in [0.05, 0.1) is 22.2 Å². The zero-order valence-electron chi connectivity index (χ0n) is 25.9. The minimum absolute atomic E-state index is 0.389. The molecule has 220 valence electrons. The Morgan fingerprint density at radius 3 is 1.91 bits per heavy atom. The van der Waals surface area contributed by atoms with Crippen LogP contribution in [-0.2, 0) is 9.31 Å². The molecule has 7 heteroatoms. The Hall–Kier alpha value is -4.85. The molecule has 45 heavy (non-hydrogen) atoms. The molecule has 0 spiro atoms. The van der Waals surface area contributed by atoms with Crippen molar-refractivity contribution < 1.29 is 9.31 Å². The van der Waals surface area contributed by atoms with Gasteiger partial charge >= 0.3 is 7.12 Å². The van der Waals surface area contributed by atoms with Crippen molar-refractivity contribution in [2.75, 3.05) is 0 Å². The van der Waals surface area contributed by atoms with Crippen LogP contribution in [0.25, 0.3) is 61.3 Å². The van der Waals surface area contributed by atoms with E-state index >= 15 is 0 Å². The summed E-state index contributed by atoms with van der Waals surface area (Å²) in [5, 5.41) is 4.58. The van der Waals surface area contributed by atoms with Gasteiger partial charge < -0.3 is 9.31 Å². The second-order valence-corrected chi connectivity index (χ2v) is 12.5. The van der Waals surface area contributed by atoms with Gasteiger partial charge in [-0.05, 0) is 55.6 Å². The number of aromatic nitrogens is 4. The molecule has 1 unspecified atom stereocenters. The van der Waals surface area contributed by atoms with E-state index in [2.05, 4.69) is 86.9 Å². The first-order valence-corrected chi connectivity index (χ1v) is 15.5. The molecule has 8 rings (SSSR count). The van der Waals surface area contributed by atoms with Gasteiger partial charge in [0.25, 0.3) is 0 Å². The molecule has 1 aliphatic heterocycles. The van der Waals surface area contributed by atoms with E-state index in [1.165, 1.54) is 10.8 Å². The molecule has 0 saturated carbocycles. The maximum absolute atomic E-state index is 6.61. The molecule has 6 nitrogen and oxygen atoms in total. The summed E-state index contributed by atoms with van der Waals surface area (Å²) in [6.45, 7) is 8.52. The van der Waals surface area contributed by atoms with Crippen LogP contribution >= 0.6 is 0 Å². The molecule has 0 radical (unpaired) electrons. The van der Waals surface area contributed by atoms with Crippen molar-refractivity contribution in [1.29, 1.82) is 0 Å². The van der Waals surface area contributed by atoms with E-state index in [4.69, 9.17) is 24.3 Å². The van der Waals surface area contributed by atoms with Gasteiger partial charge in [-0.25, -0.2) is 4.98 Å². The smallest absolute Gasteiger partial charge is 0.399 e. The van der Waals surface area contributed by atoms with Gasteiger partial charge in [0.15, 0.2) is 11.6 Å². The Bertz CT molecular complexity index is 2160. The molecular weight excluding hydrogens is 555 g/mol. The molecule has 1 atom stereocenters. The molecule has 0 bridgehead atoms. The summed E-state index contributed by atoms with van der Waals surface area (Å²) < 4.78 is 15.3. The topological polar surface area (TPSA) is 62.1 Å². The Morgan fingerprint density at radius 2 is 1.27 bits per heavy atom. The van der Waals surface area contributed by atoms with Crippen LogP contribution in [0, 0.1) is 0 Å². The van der Waals surface area contributed by atoms with Crippen molar-refractivity contribution in [3.63, 3.8) is 0 Å². The summed E-state index contributed by atoms with van der Waals surface area (Å²) in [7, 11) is -0.464. The number of nitrogens with zero attached hydrogens (tertiary/aromatic N) is 4. The predicted octanol–water partition coefficient (Wildman–Crippen LogP) is 8.15. The summed E-state index contributed by atoms with van der Waals surface area (Å²) in [6.07, 6.45) is 0.857. The highest BCUT2D eigenvalue weighted by molar-refractivity contribution is 6.62. The van der Waals surface area contributed by atoms with Crippen LogP contribution in [0.2, 0.25) is 0 Å². The minimum atomic E-state index is -0.464. The van der Waals surface area contributed by atoms with Crippen molar-refractivity contribution in [3.05, 3.63) is 115 Å². The van der Waals surface area contributed by atoms with E-state index in [1.54, 1.807) is 0 Å². The fraction of sp³-hybridized carbons (Fsp3) is 0.184. The van der Waals surface area contributed by atoms with Gasteiger partial charge in [-0.3, -0.25) is 4.57 Å². The molecule has 0 aliphatic carbocycles. The maximum Gasteiger partial charge on any atom is 0.494 e. The highest BCUT2D eigenvalue weighted by Crippen LogP contribution is 2.41. The van der Waals surface area contributed by atoms with Crippen LogP contribution in [0.3, 0.4) is 0 Å². The lowest BCUT2D eigenvalue weighted by molar-refractivity contribution is -0.0118. The van der Waals surface area contributed by atoms with Crippen molar-refractivity contribution in [2.24, 2.45) is 0 Å². The molecule has 5 aromatic carbocycles. The SMILES string of the molecule is CCC1(C)OB(c2ccc3c(c2)c2c4ccccc4ccc2n3-c2nc(-c3ccccc3)nc(-c3ccccc3)n2)OC1(C)C. The fourth-order valence-electron chi connectivity index (χ4n) is 6.51. The minimum Gasteiger partial charge on any atom is -0.399 e. The van der Waals surface area contributed by atoms with E-state index in [1.807, 2.05) is 60.7 Å². The third-order valence-corrected chi connectivity index (χ3v) is 9.56. The normalized spacial score (nSPS) is 17.9. The summed E-state index contributed by atoms with van der Waals surface area (Å²) in [4.78, 5) is 15.1. The van der Waals surface area contributed by atoms with Crippen molar-refractivity contribution >= 4 is 45.2 Å². The van der Waals surface area contributed by atoms with Gasteiger partial charge in [-0.1, -0.05) is 110 Å². The Balaban J connectivity index is 1.40. The average Bonchev–Trinajstić information content (AvgIpc) is 3.55. The third-order valence-electron chi connectivity index (χ3n) is 9.56. The second kappa shape index (κ2) is 10.4. The first-order valence-electron chi connectivity index (χ1n) is 15.5. The molecule has 7 aromatic rings. The van der Waals surface area contributed by atoms with E-state index in [0.29, 0.717) is 17.6 Å². The zero-order chi connectivity index (χ0) is 30.8. The van der Waals surface area contributed by atoms with Crippen molar-refractivity contribution in [1.82, 2.24) is 19.5 Å². The Labute approximate surface area is 262 Å². The lowest BCUT2D eigenvalue weighted by atomic mass is 9.78. The number of hydrogen-bond acceptors (Lipinski definition) is 5. The van der Waals surface area contributed by atoms with E-state index in [-0.39, 0.29) is 5.60 Å². The maximum atomic E-state index is 6.61. The van der Waals surface area contributed by atoms with E-state index in [9.17, 15) is 0 Å². The summed E-state index contributed by atoms with van der Waals surface area (Å²) in [6, 6.07) is 39.5. The highest BCUT2D eigenvalue weighted by Gasteiger charge is 2.53. The lowest BCUT2D eigenvalue weighted by Gasteiger charge is -2.35. The highest BCUT2D eigenvalue weighted by atomic mass is 16.7. The van der Waals surface area contributed by atoms with Crippen LogP contribution < -0.4 is 5.46 Å². The van der Waals surface area contributed by atoms with Crippen LogP contribution in [0.15, 0.2) is 115 Å². The van der Waals surface area contributed by atoms with E-state index < -0.39 is 12.7 Å². The van der Waals surface area contributed by atoms with Crippen LogP contribution in [0.1, 0.15) is 34.1 Å². The van der Waals surface area contributed by atoms with Gasteiger partial charge in [0.2, 0.25) is 5.95 Å². The molecule has 1 fully saturated rings. The first-order chi connectivity index (χ1) is 21.8. The largest absolute Gasteiger partial charge is 0.494 e. The van der Waals surface area contributed by atoms with Crippen LogP contribution in [-0.4, -0.2) is 37.8 Å². The monoisotopic (exact) mass is 588 g/mol. The van der Waals surface area contributed by atoms with Crippen molar-refractivity contribution in [3.8, 4) is 28.7 Å². The average molecular weight is 589 g/mol. The summed E-state index contributed by atoms with van der Waals surface area (Å²) in [5.74, 6) is 1.82. The molecule has 0 amide bonds. The van der Waals surface area contributed by atoms with Crippen LogP contribution in [0.4, 0.5) is 0 Å². The third kappa shape index (κ3) is 4.45. The zero-order valence-corrected chi connectivity index (χ0v) is 25.9. The van der Waals surface area contributed by atoms with Gasteiger partial charge in [-0.2, -0.15) is 9.97 Å². The molecule has 3 heterocycles. The van der Waals surface area contributed by atoms with Crippen LogP contribution in [0.5, 0.6) is 0 Å². The van der Waals surface area contributed by atoms with Gasteiger partial charge in [0.1, 0.15) is 0 Å². The summed E-state index contributed by atoms with van der Waals surface area (Å²) in [5.41, 5.74) is 4.08. The predicted molar refractivity (Wildman–Crippen MR) is 183 cm³/mol.